The quantitative estimate of drug-likeness (QED) is 0.728. The maximum absolute atomic E-state index is 12.4. The molecule has 0 bridgehead atoms. The van der Waals surface area contributed by atoms with E-state index in [1.165, 1.54) is 16.7 Å². The van der Waals surface area contributed by atoms with Crippen molar-refractivity contribution in [1.29, 1.82) is 0 Å². The molecule has 1 aromatic rings. The Morgan fingerprint density at radius 2 is 2.06 bits per heavy atom. The summed E-state index contributed by atoms with van der Waals surface area (Å²) in [5.41, 5.74) is 4.65. The lowest BCUT2D eigenvalue weighted by Gasteiger charge is -2.40. The molecule has 1 saturated heterocycles. The predicted octanol–water partition coefficient (Wildman–Crippen LogP) is 1.27. The van der Waals surface area contributed by atoms with E-state index in [4.69, 9.17) is 0 Å². The molecule has 0 spiro atoms. The second-order valence-electron chi connectivity index (χ2n) is 5.15. The minimum atomic E-state index is 0.223. The Morgan fingerprint density at radius 1 is 1.29 bits per heavy atom. The average Bonchev–Trinajstić information content (AvgIpc) is 2.32. The van der Waals surface area contributed by atoms with E-state index in [1.54, 1.807) is 0 Å². The van der Waals surface area contributed by atoms with Gasteiger partial charge >= 0.3 is 0 Å². The van der Waals surface area contributed by atoms with E-state index in [0.29, 0.717) is 6.04 Å². The highest BCUT2D eigenvalue weighted by Gasteiger charge is 2.33. The maximum Gasteiger partial charge on any atom is 0.254 e. The number of hydrogen-bond acceptors (Lipinski definition) is 2. The van der Waals surface area contributed by atoms with Gasteiger partial charge in [-0.15, -0.1) is 0 Å². The van der Waals surface area contributed by atoms with E-state index in [9.17, 15) is 4.79 Å². The first-order valence-corrected chi connectivity index (χ1v) is 6.28. The number of benzene rings is 1. The lowest BCUT2D eigenvalue weighted by molar-refractivity contribution is 0.0606. The molecule has 1 atom stereocenters. The lowest BCUT2D eigenvalue weighted by Crippen LogP contribution is -2.56. The number of hydrogen-bond donors (Lipinski definition) is 1. The Balaban J connectivity index is 2.06. The summed E-state index contributed by atoms with van der Waals surface area (Å²) in [5.74, 6) is 0.223. The summed E-state index contributed by atoms with van der Waals surface area (Å²) in [6, 6.07) is 4.60. The molecule has 90 valence electrons. The maximum atomic E-state index is 12.4. The average molecular weight is 230 g/mol. The van der Waals surface area contributed by atoms with Crippen molar-refractivity contribution in [3.63, 3.8) is 0 Å². The van der Waals surface area contributed by atoms with Gasteiger partial charge in [0.1, 0.15) is 0 Å². The monoisotopic (exact) mass is 230 g/mol. The first-order valence-electron chi connectivity index (χ1n) is 6.28. The zero-order valence-electron chi connectivity index (χ0n) is 10.4. The van der Waals surface area contributed by atoms with Gasteiger partial charge in [-0.25, -0.2) is 0 Å². The molecule has 3 heteroatoms. The van der Waals surface area contributed by atoms with E-state index in [1.807, 2.05) is 4.90 Å². The standard InChI is InChI=1S/C14H18N2O/c1-9-5-11-7-12-8-15-3-4-16(12)14(17)13(11)6-10(9)2/h5-6,12,15H,3-4,7-8H2,1-2H3. The summed E-state index contributed by atoms with van der Waals surface area (Å²) >= 11 is 0. The third kappa shape index (κ3) is 1.65. The SMILES string of the molecule is Cc1cc2c(cc1C)C(=O)N1CCNCC1C2. The van der Waals surface area contributed by atoms with Gasteiger partial charge in [-0.05, 0) is 43.0 Å². The fourth-order valence-corrected chi connectivity index (χ4v) is 2.86. The highest BCUT2D eigenvalue weighted by Crippen LogP contribution is 2.26. The van der Waals surface area contributed by atoms with Crippen LogP contribution in [-0.2, 0) is 6.42 Å². The highest BCUT2D eigenvalue weighted by molar-refractivity contribution is 5.97. The van der Waals surface area contributed by atoms with Gasteiger partial charge in [0.25, 0.3) is 5.91 Å². The minimum Gasteiger partial charge on any atom is -0.333 e. The molecular formula is C14H18N2O. The molecule has 2 aliphatic rings. The summed E-state index contributed by atoms with van der Waals surface area (Å²) in [6.45, 7) is 6.88. The number of nitrogens with one attached hydrogen (secondary N) is 1. The molecule has 0 saturated carbocycles. The van der Waals surface area contributed by atoms with E-state index >= 15 is 0 Å². The molecule has 2 heterocycles. The molecule has 0 aromatic heterocycles. The Morgan fingerprint density at radius 3 is 2.88 bits per heavy atom. The third-order valence-electron chi connectivity index (χ3n) is 4.02. The Labute approximate surface area is 102 Å². The van der Waals surface area contributed by atoms with Crippen LogP contribution in [0, 0.1) is 13.8 Å². The van der Waals surface area contributed by atoms with Gasteiger partial charge in [0.15, 0.2) is 0 Å². The third-order valence-corrected chi connectivity index (χ3v) is 4.02. The van der Waals surface area contributed by atoms with Crippen LogP contribution in [0.5, 0.6) is 0 Å². The molecule has 1 fully saturated rings. The van der Waals surface area contributed by atoms with E-state index < -0.39 is 0 Å². The van der Waals surface area contributed by atoms with Crippen molar-refractivity contribution in [2.24, 2.45) is 0 Å². The van der Waals surface area contributed by atoms with E-state index in [2.05, 4.69) is 31.3 Å². The number of rotatable bonds is 0. The molecule has 3 nitrogen and oxygen atoms in total. The fraction of sp³-hybridized carbons (Fsp3) is 0.500. The largest absolute Gasteiger partial charge is 0.333 e. The van der Waals surface area contributed by atoms with E-state index in [-0.39, 0.29) is 5.91 Å². The summed E-state index contributed by atoms with van der Waals surface area (Å²) in [7, 11) is 0. The fourth-order valence-electron chi connectivity index (χ4n) is 2.86. The van der Waals surface area contributed by atoms with Gasteiger partial charge in [-0.3, -0.25) is 4.79 Å². The first-order chi connectivity index (χ1) is 8.16. The van der Waals surface area contributed by atoms with E-state index in [0.717, 1.165) is 31.6 Å². The Bertz CT molecular complexity index is 481. The summed E-state index contributed by atoms with van der Waals surface area (Å²) in [6.07, 6.45) is 0.995. The molecular weight excluding hydrogens is 212 g/mol. The van der Waals surface area contributed by atoms with Gasteiger partial charge in [0.05, 0.1) is 0 Å². The zero-order valence-corrected chi connectivity index (χ0v) is 10.4. The van der Waals surface area contributed by atoms with Gasteiger partial charge in [0.2, 0.25) is 0 Å². The van der Waals surface area contributed by atoms with Crippen molar-refractivity contribution in [2.75, 3.05) is 19.6 Å². The van der Waals surface area contributed by atoms with Crippen LogP contribution in [0.3, 0.4) is 0 Å². The van der Waals surface area contributed by atoms with Crippen molar-refractivity contribution in [3.8, 4) is 0 Å². The normalized spacial score (nSPS) is 23.3. The molecule has 1 unspecified atom stereocenters. The van der Waals surface area contributed by atoms with Gasteiger partial charge in [-0.1, -0.05) is 6.07 Å². The number of carbonyl (C=O) groups is 1. The van der Waals surface area contributed by atoms with Crippen LogP contribution in [0.4, 0.5) is 0 Å². The zero-order chi connectivity index (χ0) is 12.0. The highest BCUT2D eigenvalue weighted by atomic mass is 16.2. The van der Waals surface area contributed by atoms with Crippen molar-refractivity contribution >= 4 is 5.91 Å². The minimum absolute atomic E-state index is 0.223. The van der Waals surface area contributed by atoms with Crippen molar-refractivity contribution in [2.45, 2.75) is 26.3 Å². The van der Waals surface area contributed by atoms with Crippen molar-refractivity contribution < 1.29 is 4.79 Å². The molecule has 0 radical (unpaired) electrons. The first kappa shape index (κ1) is 10.8. The molecule has 1 N–H and O–H groups in total. The predicted molar refractivity (Wildman–Crippen MR) is 67.3 cm³/mol. The number of nitrogens with zero attached hydrogens (tertiary/aromatic N) is 1. The molecule has 1 amide bonds. The number of piperazine rings is 1. The summed E-state index contributed by atoms with van der Waals surface area (Å²) < 4.78 is 0. The molecule has 3 rings (SSSR count). The summed E-state index contributed by atoms with van der Waals surface area (Å²) in [4.78, 5) is 14.4. The van der Waals surface area contributed by atoms with Crippen molar-refractivity contribution in [3.05, 3.63) is 34.4 Å². The van der Waals surface area contributed by atoms with Crippen LogP contribution < -0.4 is 5.32 Å². The smallest absolute Gasteiger partial charge is 0.254 e. The van der Waals surface area contributed by atoms with Crippen LogP contribution in [0.15, 0.2) is 12.1 Å². The number of amides is 1. The lowest BCUT2D eigenvalue weighted by atomic mass is 9.89. The number of aryl methyl sites for hydroxylation is 2. The van der Waals surface area contributed by atoms with Crippen LogP contribution in [0.25, 0.3) is 0 Å². The van der Waals surface area contributed by atoms with Crippen LogP contribution in [0.2, 0.25) is 0 Å². The number of carbonyl (C=O) groups excluding carboxylic acids is 1. The molecule has 2 aliphatic heterocycles. The van der Waals surface area contributed by atoms with Crippen LogP contribution in [0.1, 0.15) is 27.0 Å². The van der Waals surface area contributed by atoms with Crippen molar-refractivity contribution in [1.82, 2.24) is 10.2 Å². The Hall–Kier alpha value is -1.35. The molecule has 17 heavy (non-hydrogen) atoms. The van der Waals surface area contributed by atoms with Crippen LogP contribution in [-0.4, -0.2) is 36.5 Å². The molecule has 1 aromatic carbocycles. The topological polar surface area (TPSA) is 32.3 Å². The van der Waals surface area contributed by atoms with Crippen LogP contribution >= 0.6 is 0 Å². The van der Waals surface area contributed by atoms with Gasteiger partial charge in [0, 0.05) is 31.2 Å². The summed E-state index contributed by atoms with van der Waals surface area (Å²) in [5, 5.41) is 3.37. The van der Waals surface area contributed by atoms with Gasteiger partial charge in [-0.2, -0.15) is 0 Å². The second-order valence-corrected chi connectivity index (χ2v) is 5.15. The second kappa shape index (κ2) is 3.84. The number of fused-ring (bicyclic) bond motifs is 2. The Kier molecular flexibility index (Phi) is 2.44. The molecule has 0 aliphatic carbocycles. The van der Waals surface area contributed by atoms with Gasteiger partial charge < -0.3 is 10.2 Å².